The maximum absolute atomic E-state index is 2.44. The summed E-state index contributed by atoms with van der Waals surface area (Å²) in [7, 11) is 0. The molecule has 0 aliphatic carbocycles. The average molecular weight is 309 g/mol. The second-order valence-electron chi connectivity index (χ2n) is 3.86. The molecule has 0 rings (SSSR count). The number of thioether (sulfide) groups is 1. The van der Waals surface area contributed by atoms with Crippen molar-refractivity contribution in [3.05, 3.63) is 0 Å². The molecule has 0 aromatic heterocycles. The monoisotopic (exact) mass is 310 g/mol. The molecular weight excluding hydrogens is 283 g/mol. The van der Waals surface area contributed by atoms with Crippen LogP contribution in [0.4, 0.5) is 0 Å². The third-order valence-electron chi connectivity index (χ3n) is 3.45. The van der Waals surface area contributed by atoms with Crippen LogP contribution in [0.15, 0.2) is 0 Å². The summed E-state index contributed by atoms with van der Waals surface area (Å²) in [5.74, 6) is 2.71. The molecule has 0 atom stereocenters. The predicted molar refractivity (Wildman–Crippen MR) is 69.6 cm³/mol. The van der Waals surface area contributed by atoms with Crippen LogP contribution in [0.5, 0.6) is 0 Å². The fraction of sp³-hybridized carbons (Fsp3) is 1.00. The summed E-state index contributed by atoms with van der Waals surface area (Å²) in [4.78, 5) is 0. The van der Waals surface area contributed by atoms with E-state index in [0.29, 0.717) is 0 Å². The first-order valence-corrected chi connectivity index (χ1v) is 15.0. The van der Waals surface area contributed by atoms with E-state index in [9.17, 15) is 0 Å². The van der Waals surface area contributed by atoms with Crippen molar-refractivity contribution < 1.29 is 0 Å². The molecule has 0 heterocycles. The fourth-order valence-electron chi connectivity index (χ4n) is 1.97. The Bertz CT molecular complexity index is 102. The van der Waals surface area contributed by atoms with Crippen LogP contribution in [0.2, 0.25) is 17.7 Å². The molecule has 0 amide bonds. The van der Waals surface area contributed by atoms with Crippen LogP contribution in [-0.4, -0.2) is 29.9 Å². The first kappa shape index (κ1) is 14.1. The van der Waals surface area contributed by atoms with Crippen LogP contribution in [0, 0.1) is 0 Å². The summed E-state index contributed by atoms with van der Waals surface area (Å²) in [6.45, 7) is 9.59. The van der Waals surface area contributed by atoms with Gasteiger partial charge in [0.25, 0.3) is 0 Å². The Morgan fingerprint density at radius 3 is 1.85 bits per heavy atom. The molecular formula is C11H26SSn. The second-order valence-corrected chi connectivity index (χ2v) is 21.3. The molecule has 0 unspecified atom stereocenters. The van der Waals surface area contributed by atoms with Crippen LogP contribution < -0.4 is 0 Å². The van der Waals surface area contributed by atoms with Gasteiger partial charge < -0.3 is 0 Å². The number of hydrogen-bond acceptors (Lipinski definition) is 1. The van der Waals surface area contributed by atoms with Crippen LogP contribution in [-0.2, 0) is 0 Å². The first-order chi connectivity index (χ1) is 6.24. The summed E-state index contributed by atoms with van der Waals surface area (Å²) >= 11 is 0.595. The summed E-state index contributed by atoms with van der Waals surface area (Å²) in [5.41, 5.74) is 0. The molecule has 0 N–H and O–H groups in total. The van der Waals surface area contributed by atoms with Gasteiger partial charge in [0.1, 0.15) is 0 Å². The van der Waals surface area contributed by atoms with Crippen LogP contribution in [0.25, 0.3) is 0 Å². The quantitative estimate of drug-likeness (QED) is 0.465. The van der Waals surface area contributed by atoms with Gasteiger partial charge in [-0.05, 0) is 0 Å². The molecule has 2 heteroatoms. The molecule has 0 aliphatic rings. The maximum atomic E-state index is 2.44. The molecule has 0 radical (unpaired) electrons. The SMILES string of the molecule is CCSCC[CH2][Sn]([CH2]C)([CH2]C)[CH2]C. The van der Waals surface area contributed by atoms with Gasteiger partial charge in [-0.3, -0.25) is 0 Å². The molecule has 0 saturated carbocycles. The fourth-order valence-corrected chi connectivity index (χ4v) is 13.3. The van der Waals surface area contributed by atoms with Gasteiger partial charge in [0, 0.05) is 0 Å². The zero-order chi connectivity index (χ0) is 10.2. The van der Waals surface area contributed by atoms with E-state index in [1.165, 1.54) is 17.9 Å². The Morgan fingerprint density at radius 2 is 1.46 bits per heavy atom. The number of rotatable bonds is 8. The average Bonchev–Trinajstić information content (AvgIpc) is 2.20. The third kappa shape index (κ3) is 5.56. The zero-order valence-electron chi connectivity index (χ0n) is 9.86. The van der Waals surface area contributed by atoms with Gasteiger partial charge in [0.05, 0.1) is 0 Å². The van der Waals surface area contributed by atoms with E-state index in [0.717, 1.165) is 0 Å². The molecule has 80 valence electrons. The van der Waals surface area contributed by atoms with Crippen molar-refractivity contribution in [2.45, 2.75) is 51.9 Å². The van der Waals surface area contributed by atoms with Crippen molar-refractivity contribution in [3.8, 4) is 0 Å². The van der Waals surface area contributed by atoms with Gasteiger partial charge in [-0.1, -0.05) is 0 Å². The minimum atomic E-state index is -1.52. The second kappa shape index (κ2) is 8.46. The molecule has 0 aromatic carbocycles. The van der Waals surface area contributed by atoms with Gasteiger partial charge in [-0.15, -0.1) is 0 Å². The standard InChI is InChI=1S/C5H11S.3C2H5.Sn/c1-3-5-6-4-2;3*1-2;/h1,3-5H2,2H3;3*1H2,2H3;. The van der Waals surface area contributed by atoms with Crippen LogP contribution >= 0.6 is 11.8 Å². The third-order valence-corrected chi connectivity index (χ3v) is 21.3. The molecule has 0 nitrogen and oxygen atoms in total. The Kier molecular flexibility index (Phi) is 9.20. The zero-order valence-corrected chi connectivity index (χ0v) is 13.5. The Morgan fingerprint density at radius 1 is 0.923 bits per heavy atom. The van der Waals surface area contributed by atoms with E-state index in [-0.39, 0.29) is 0 Å². The Hall–Kier alpha value is 1.15. The normalized spacial score (nSPS) is 12.0. The van der Waals surface area contributed by atoms with Crippen molar-refractivity contribution in [1.29, 1.82) is 0 Å². The van der Waals surface area contributed by atoms with E-state index >= 15 is 0 Å². The van der Waals surface area contributed by atoms with Crippen LogP contribution in [0.1, 0.15) is 34.1 Å². The molecule has 0 aliphatic heterocycles. The summed E-state index contributed by atoms with van der Waals surface area (Å²) in [6, 6.07) is 0. The van der Waals surface area contributed by atoms with Gasteiger partial charge >= 0.3 is 93.5 Å². The van der Waals surface area contributed by atoms with Crippen molar-refractivity contribution >= 4 is 30.1 Å². The van der Waals surface area contributed by atoms with Crippen molar-refractivity contribution in [3.63, 3.8) is 0 Å². The molecule has 13 heavy (non-hydrogen) atoms. The molecule has 0 aromatic rings. The molecule has 0 saturated heterocycles. The molecule has 0 bridgehead atoms. The van der Waals surface area contributed by atoms with E-state index in [1.807, 2.05) is 0 Å². The molecule has 0 fully saturated rings. The van der Waals surface area contributed by atoms with E-state index in [4.69, 9.17) is 0 Å². The molecule has 0 spiro atoms. The van der Waals surface area contributed by atoms with Gasteiger partial charge in [-0.25, -0.2) is 0 Å². The number of hydrogen-bond donors (Lipinski definition) is 0. The summed E-state index contributed by atoms with van der Waals surface area (Å²) in [5, 5.41) is 0. The van der Waals surface area contributed by atoms with E-state index in [1.54, 1.807) is 17.7 Å². The first-order valence-electron chi connectivity index (χ1n) is 5.82. The van der Waals surface area contributed by atoms with Crippen molar-refractivity contribution in [1.82, 2.24) is 0 Å². The van der Waals surface area contributed by atoms with Gasteiger partial charge in [0.2, 0.25) is 0 Å². The van der Waals surface area contributed by atoms with Crippen molar-refractivity contribution in [2.75, 3.05) is 11.5 Å². The summed E-state index contributed by atoms with van der Waals surface area (Å²) in [6.07, 6.45) is 1.50. The van der Waals surface area contributed by atoms with Gasteiger partial charge in [0.15, 0.2) is 0 Å². The predicted octanol–water partition coefficient (Wildman–Crippen LogP) is 4.64. The minimum absolute atomic E-state index is 1.30. The Labute approximate surface area is 93.1 Å². The van der Waals surface area contributed by atoms with Crippen molar-refractivity contribution in [2.24, 2.45) is 0 Å². The van der Waals surface area contributed by atoms with E-state index < -0.39 is 18.4 Å². The summed E-state index contributed by atoms with van der Waals surface area (Å²) < 4.78 is 6.35. The van der Waals surface area contributed by atoms with Gasteiger partial charge in [-0.2, -0.15) is 0 Å². The Balaban J connectivity index is 3.68. The van der Waals surface area contributed by atoms with E-state index in [2.05, 4.69) is 39.5 Å². The van der Waals surface area contributed by atoms with Crippen LogP contribution in [0.3, 0.4) is 0 Å². The topological polar surface area (TPSA) is 0 Å².